The summed E-state index contributed by atoms with van der Waals surface area (Å²) < 4.78 is 15.6. The average Bonchev–Trinajstić information content (AvgIpc) is 3.26. The fourth-order valence-electron chi connectivity index (χ4n) is 4.04. The van der Waals surface area contributed by atoms with Gasteiger partial charge in [0.05, 0.1) is 17.2 Å². The largest absolute Gasteiger partial charge is 0.503 e. The maximum atomic E-state index is 14.0. The summed E-state index contributed by atoms with van der Waals surface area (Å²) in [4.78, 5) is 0. The van der Waals surface area contributed by atoms with Crippen LogP contribution in [0, 0.1) is 5.82 Å². The van der Waals surface area contributed by atoms with Crippen LogP contribution in [0.2, 0.25) is 0 Å². The van der Waals surface area contributed by atoms with Crippen molar-refractivity contribution in [1.29, 1.82) is 0 Å². The molecule has 0 saturated carbocycles. The van der Waals surface area contributed by atoms with Gasteiger partial charge in [-0.15, -0.1) is 0 Å². The lowest BCUT2D eigenvalue weighted by Gasteiger charge is -2.19. The number of aromatic nitrogens is 3. The molecular weight excluding hydrogens is 377 g/mol. The topological polar surface area (TPSA) is 115 Å². The highest BCUT2D eigenvalue weighted by Gasteiger charge is 2.30. The number of fused-ring (bicyclic) bond motifs is 2. The molecule has 0 bridgehead atoms. The third-order valence-corrected chi connectivity index (χ3v) is 5.26. The van der Waals surface area contributed by atoms with Crippen LogP contribution in [0.15, 0.2) is 18.3 Å². The Kier molecular flexibility index (Phi) is 4.29. The van der Waals surface area contributed by atoms with Gasteiger partial charge in [0.1, 0.15) is 5.69 Å². The summed E-state index contributed by atoms with van der Waals surface area (Å²) in [6, 6.07) is 3.79. The number of aromatic hydroxyl groups is 4. The molecule has 0 radical (unpaired) electrons. The van der Waals surface area contributed by atoms with Gasteiger partial charge in [-0.2, -0.15) is 9.49 Å². The SMILES string of the molecule is CCCc1c(C(C)C)n(-c2c(O)c(O)c(F)c(O)c2O)c2cc3cn[nH]c3cc12. The maximum Gasteiger partial charge on any atom is 0.214 e. The number of aromatic amines is 1. The number of phenolic OH excluding ortho intramolecular Hbond substituents is 4. The molecule has 0 aliphatic rings. The first kappa shape index (κ1) is 18.9. The molecular formula is C21H22FN3O4. The van der Waals surface area contributed by atoms with Crippen molar-refractivity contribution in [2.24, 2.45) is 0 Å². The van der Waals surface area contributed by atoms with Crippen molar-refractivity contribution in [3.05, 3.63) is 35.4 Å². The molecule has 5 N–H and O–H groups in total. The molecule has 7 nitrogen and oxygen atoms in total. The van der Waals surface area contributed by atoms with Gasteiger partial charge in [0.15, 0.2) is 11.5 Å². The Balaban J connectivity index is 2.24. The summed E-state index contributed by atoms with van der Waals surface area (Å²) in [5, 5.41) is 49.7. The Morgan fingerprint density at radius 3 is 2.31 bits per heavy atom. The van der Waals surface area contributed by atoms with Crippen LogP contribution in [-0.2, 0) is 6.42 Å². The fourth-order valence-corrected chi connectivity index (χ4v) is 4.04. The molecule has 0 fully saturated rings. The van der Waals surface area contributed by atoms with E-state index in [1.807, 2.05) is 32.9 Å². The lowest BCUT2D eigenvalue weighted by Crippen LogP contribution is -2.05. The highest BCUT2D eigenvalue weighted by molar-refractivity contribution is 5.99. The lowest BCUT2D eigenvalue weighted by molar-refractivity contribution is 0.334. The van der Waals surface area contributed by atoms with Crippen LogP contribution in [0.4, 0.5) is 4.39 Å². The van der Waals surface area contributed by atoms with Crippen LogP contribution in [-0.4, -0.2) is 35.2 Å². The van der Waals surface area contributed by atoms with Crippen LogP contribution in [0.25, 0.3) is 27.5 Å². The maximum absolute atomic E-state index is 14.0. The van der Waals surface area contributed by atoms with Crippen molar-refractivity contribution in [2.45, 2.75) is 39.5 Å². The first-order valence-electron chi connectivity index (χ1n) is 9.43. The third-order valence-electron chi connectivity index (χ3n) is 5.26. The van der Waals surface area contributed by atoms with Crippen molar-refractivity contribution < 1.29 is 24.8 Å². The Morgan fingerprint density at radius 2 is 1.72 bits per heavy atom. The second kappa shape index (κ2) is 6.58. The molecule has 0 saturated heterocycles. The summed E-state index contributed by atoms with van der Waals surface area (Å²) in [6.07, 6.45) is 3.25. The molecule has 2 aromatic carbocycles. The number of phenols is 4. The second-order valence-corrected chi connectivity index (χ2v) is 7.49. The number of hydrogen-bond donors (Lipinski definition) is 5. The summed E-state index contributed by atoms with van der Waals surface area (Å²) in [5.74, 6) is -5.42. The zero-order chi connectivity index (χ0) is 21.0. The molecule has 4 rings (SSSR count). The van der Waals surface area contributed by atoms with Crippen LogP contribution >= 0.6 is 0 Å². The Labute approximate surface area is 165 Å². The van der Waals surface area contributed by atoms with Gasteiger partial charge < -0.3 is 25.0 Å². The molecule has 0 unspecified atom stereocenters. The smallest absolute Gasteiger partial charge is 0.214 e. The summed E-state index contributed by atoms with van der Waals surface area (Å²) in [6.45, 7) is 5.98. The molecule has 4 aromatic rings. The molecule has 0 atom stereocenters. The molecule has 0 aliphatic carbocycles. The zero-order valence-electron chi connectivity index (χ0n) is 16.3. The number of halogens is 1. The van der Waals surface area contributed by atoms with Gasteiger partial charge in [0, 0.05) is 16.5 Å². The van der Waals surface area contributed by atoms with E-state index >= 15 is 0 Å². The van der Waals surface area contributed by atoms with Crippen molar-refractivity contribution in [3.63, 3.8) is 0 Å². The molecule has 152 valence electrons. The molecule has 2 aromatic heterocycles. The lowest BCUT2D eigenvalue weighted by atomic mass is 9.99. The van der Waals surface area contributed by atoms with Gasteiger partial charge in [0.2, 0.25) is 17.3 Å². The molecule has 0 spiro atoms. The van der Waals surface area contributed by atoms with E-state index in [4.69, 9.17) is 0 Å². The first-order valence-corrected chi connectivity index (χ1v) is 9.43. The highest BCUT2D eigenvalue weighted by Crippen LogP contribution is 2.50. The fraction of sp³-hybridized carbons (Fsp3) is 0.286. The summed E-state index contributed by atoms with van der Waals surface area (Å²) >= 11 is 0. The van der Waals surface area contributed by atoms with Crippen molar-refractivity contribution in [2.75, 3.05) is 0 Å². The Morgan fingerprint density at radius 1 is 1.07 bits per heavy atom. The minimum Gasteiger partial charge on any atom is -0.503 e. The van der Waals surface area contributed by atoms with Gasteiger partial charge in [-0.1, -0.05) is 27.2 Å². The minimum atomic E-state index is -1.47. The predicted octanol–water partition coefficient (Wildman–Crippen LogP) is 4.54. The first-order chi connectivity index (χ1) is 13.8. The molecule has 0 aliphatic heterocycles. The van der Waals surface area contributed by atoms with E-state index in [-0.39, 0.29) is 11.6 Å². The van der Waals surface area contributed by atoms with E-state index in [0.717, 1.165) is 40.4 Å². The van der Waals surface area contributed by atoms with Crippen LogP contribution in [0.3, 0.4) is 0 Å². The molecule has 8 heteroatoms. The molecule has 29 heavy (non-hydrogen) atoms. The van der Waals surface area contributed by atoms with E-state index in [2.05, 4.69) is 10.2 Å². The van der Waals surface area contributed by atoms with E-state index in [9.17, 15) is 24.8 Å². The standard InChI is InChI=1S/C21H22FN3O4/c1-4-5-11-12-7-13-10(8-23-24-13)6-14(12)25(16(11)9(2)3)17-20(28)18(26)15(22)19(27)21(17)29/h6-9,26-29H,4-5H2,1-3H3,(H,23,24). The van der Waals surface area contributed by atoms with E-state index in [1.54, 1.807) is 10.8 Å². The van der Waals surface area contributed by atoms with Gasteiger partial charge >= 0.3 is 0 Å². The summed E-state index contributed by atoms with van der Waals surface area (Å²) in [5.41, 5.74) is 3.01. The minimum absolute atomic E-state index is 0.0337. The number of aryl methyl sites for hydroxylation is 1. The average molecular weight is 399 g/mol. The number of rotatable bonds is 4. The summed E-state index contributed by atoms with van der Waals surface area (Å²) in [7, 11) is 0. The molecule has 0 amide bonds. The van der Waals surface area contributed by atoms with Crippen LogP contribution < -0.4 is 0 Å². The van der Waals surface area contributed by atoms with Gasteiger partial charge in [-0.25, -0.2) is 0 Å². The zero-order valence-corrected chi connectivity index (χ0v) is 16.3. The third kappa shape index (κ3) is 2.59. The quantitative estimate of drug-likeness (QED) is 0.255. The van der Waals surface area contributed by atoms with Crippen LogP contribution in [0.5, 0.6) is 23.0 Å². The van der Waals surface area contributed by atoms with E-state index in [1.165, 1.54) is 0 Å². The van der Waals surface area contributed by atoms with Gasteiger partial charge in [0.25, 0.3) is 0 Å². The van der Waals surface area contributed by atoms with Crippen molar-refractivity contribution in [3.8, 4) is 28.7 Å². The number of hydrogen-bond acceptors (Lipinski definition) is 5. The van der Waals surface area contributed by atoms with Gasteiger partial charge in [-0.3, -0.25) is 5.10 Å². The number of nitrogens with one attached hydrogen (secondary N) is 1. The number of H-pyrrole nitrogens is 1. The molecule has 2 heterocycles. The van der Waals surface area contributed by atoms with Crippen molar-refractivity contribution in [1.82, 2.24) is 14.8 Å². The predicted molar refractivity (Wildman–Crippen MR) is 108 cm³/mol. The Bertz CT molecular complexity index is 1230. The highest BCUT2D eigenvalue weighted by atomic mass is 19.1. The van der Waals surface area contributed by atoms with Crippen LogP contribution in [0.1, 0.15) is 44.4 Å². The second-order valence-electron chi connectivity index (χ2n) is 7.49. The van der Waals surface area contributed by atoms with Gasteiger partial charge in [-0.05, 0) is 30.0 Å². The van der Waals surface area contributed by atoms with E-state index in [0.29, 0.717) is 5.52 Å². The Hall–Kier alpha value is -3.42. The van der Waals surface area contributed by atoms with E-state index < -0.39 is 28.8 Å². The monoisotopic (exact) mass is 399 g/mol. The number of benzene rings is 2. The van der Waals surface area contributed by atoms with Crippen molar-refractivity contribution >= 4 is 21.8 Å². The normalized spacial score (nSPS) is 11.9. The number of nitrogens with zero attached hydrogens (tertiary/aromatic N) is 2.